The molecule has 1 fully saturated rings. The molecule has 26 heavy (non-hydrogen) atoms. The molecule has 2 aromatic rings. The van der Waals surface area contributed by atoms with Crippen molar-refractivity contribution in [2.24, 2.45) is 11.1 Å². The van der Waals surface area contributed by atoms with E-state index in [0.717, 1.165) is 36.0 Å². The smallest absolute Gasteiger partial charge is 0.0878 e. The van der Waals surface area contributed by atoms with E-state index in [4.69, 9.17) is 23.2 Å². The highest BCUT2D eigenvalue weighted by Gasteiger charge is 2.32. The minimum Gasteiger partial charge on any atom is -0.411 e. The summed E-state index contributed by atoms with van der Waals surface area (Å²) >= 11 is 11.9. The fourth-order valence-electron chi connectivity index (χ4n) is 3.45. The molecule has 1 saturated carbocycles. The van der Waals surface area contributed by atoms with Gasteiger partial charge in [-0.2, -0.15) is 5.48 Å². The van der Waals surface area contributed by atoms with Gasteiger partial charge in [0, 0.05) is 16.0 Å². The van der Waals surface area contributed by atoms with Crippen molar-refractivity contribution in [1.82, 2.24) is 5.48 Å². The number of hydroxylamine groups is 1. The van der Waals surface area contributed by atoms with E-state index in [1.54, 1.807) is 12.1 Å². The zero-order chi connectivity index (χ0) is 18.5. The third kappa shape index (κ3) is 4.27. The molecule has 1 aliphatic carbocycles. The van der Waals surface area contributed by atoms with Gasteiger partial charge >= 0.3 is 0 Å². The second kappa shape index (κ2) is 8.69. The van der Waals surface area contributed by atoms with E-state index in [0.29, 0.717) is 15.8 Å². The number of oxime groups is 1. The first-order valence-electron chi connectivity index (χ1n) is 8.46. The molecular formula is C20H20Cl2N2O2. The molecule has 3 rings (SSSR count). The van der Waals surface area contributed by atoms with Crippen molar-refractivity contribution < 1.29 is 10.4 Å². The van der Waals surface area contributed by atoms with Crippen molar-refractivity contribution in [2.45, 2.75) is 25.3 Å². The van der Waals surface area contributed by atoms with Gasteiger partial charge in [0.2, 0.25) is 0 Å². The van der Waals surface area contributed by atoms with Crippen LogP contribution in [-0.2, 0) is 0 Å². The van der Waals surface area contributed by atoms with Gasteiger partial charge in [-0.05, 0) is 66.3 Å². The predicted octanol–water partition coefficient (Wildman–Crippen LogP) is 5.73. The summed E-state index contributed by atoms with van der Waals surface area (Å²) in [6.45, 7) is 0. The lowest BCUT2D eigenvalue weighted by atomic mass is 9.77. The lowest BCUT2D eigenvalue weighted by molar-refractivity contribution is 0.106. The van der Waals surface area contributed by atoms with Crippen LogP contribution in [0, 0.1) is 5.92 Å². The topological polar surface area (TPSA) is 64.9 Å². The van der Waals surface area contributed by atoms with Crippen LogP contribution in [0.25, 0.3) is 6.08 Å². The fraction of sp³-hybridized carbons (Fsp3) is 0.250. The highest BCUT2D eigenvalue weighted by Crippen LogP contribution is 2.36. The van der Waals surface area contributed by atoms with Crippen LogP contribution in [0.15, 0.2) is 59.3 Å². The molecule has 0 saturated heterocycles. The number of halogens is 2. The van der Waals surface area contributed by atoms with Crippen molar-refractivity contribution in [3.8, 4) is 0 Å². The Kier molecular flexibility index (Phi) is 6.33. The average molecular weight is 391 g/mol. The van der Waals surface area contributed by atoms with Crippen LogP contribution in [0.1, 0.15) is 36.4 Å². The maximum atomic E-state index is 9.77. The fourth-order valence-corrected chi connectivity index (χ4v) is 3.70. The van der Waals surface area contributed by atoms with Crippen LogP contribution in [0.5, 0.6) is 0 Å². The minimum atomic E-state index is -0.382. The summed E-state index contributed by atoms with van der Waals surface area (Å²) in [5.41, 5.74) is 5.81. The third-order valence-electron chi connectivity index (χ3n) is 4.73. The quantitative estimate of drug-likeness (QED) is 0.461. The van der Waals surface area contributed by atoms with E-state index >= 15 is 0 Å². The SMILES string of the molecule is O/N=C1/C(=C/c2ccc(Cl)cc2)CCCC1C(NO)c1ccc(Cl)cc1. The molecule has 3 N–H and O–H groups in total. The standard InChI is InChI=1S/C20H20Cl2N2O2/c21-16-8-4-13(5-9-16)12-15-2-1-3-18(20(15)24-26)19(23-25)14-6-10-17(22)11-7-14/h4-12,18-19,23,25-26H,1-3H2/b15-12+,24-20-. The Morgan fingerprint density at radius 1 is 1.04 bits per heavy atom. The maximum Gasteiger partial charge on any atom is 0.0878 e. The monoisotopic (exact) mass is 390 g/mol. The molecule has 0 amide bonds. The number of benzene rings is 2. The van der Waals surface area contributed by atoms with E-state index in [-0.39, 0.29) is 12.0 Å². The van der Waals surface area contributed by atoms with Gasteiger partial charge in [-0.1, -0.05) is 52.6 Å². The first-order chi connectivity index (χ1) is 12.6. The Morgan fingerprint density at radius 3 is 2.23 bits per heavy atom. The zero-order valence-electron chi connectivity index (χ0n) is 14.1. The second-order valence-corrected chi connectivity index (χ2v) is 7.24. The number of hydrogen-bond donors (Lipinski definition) is 3. The van der Waals surface area contributed by atoms with Crippen LogP contribution in [0.4, 0.5) is 0 Å². The number of hydrogen-bond acceptors (Lipinski definition) is 4. The van der Waals surface area contributed by atoms with E-state index in [1.807, 2.05) is 42.5 Å². The largest absolute Gasteiger partial charge is 0.411 e. The molecule has 1 aliphatic rings. The Balaban J connectivity index is 1.91. The highest BCUT2D eigenvalue weighted by atomic mass is 35.5. The molecule has 2 aromatic carbocycles. The summed E-state index contributed by atoms with van der Waals surface area (Å²) in [5, 5.41) is 24.3. The van der Waals surface area contributed by atoms with Crippen molar-refractivity contribution in [3.05, 3.63) is 75.3 Å². The Labute approximate surface area is 162 Å². The average Bonchev–Trinajstić information content (AvgIpc) is 2.66. The van der Waals surface area contributed by atoms with E-state index in [1.165, 1.54) is 0 Å². The molecule has 6 heteroatoms. The van der Waals surface area contributed by atoms with Crippen LogP contribution in [0.2, 0.25) is 10.0 Å². The summed E-state index contributed by atoms with van der Waals surface area (Å²) in [6, 6.07) is 14.4. The van der Waals surface area contributed by atoms with Crippen molar-refractivity contribution in [3.63, 3.8) is 0 Å². The van der Waals surface area contributed by atoms with Crippen LogP contribution in [-0.4, -0.2) is 16.1 Å². The third-order valence-corrected chi connectivity index (χ3v) is 5.23. The molecule has 0 spiro atoms. The van der Waals surface area contributed by atoms with Crippen molar-refractivity contribution >= 4 is 35.0 Å². The molecule has 4 nitrogen and oxygen atoms in total. The minimum absolute atomic E-state index is 0.154. The van der Waals surface area contributed by atoms with Crippen LogP contribution < -0.4 is 5.48 Å². The number of rotatable bonds is 4. The van der Waals surface area contributed by atoms with Gasteiger partial charge in [0.25, 0.3) is 0 Å². The summed E-state index contributed by atoms with van der Waals surface area (Å²) < 4.78 is 0. The number of allylic oxidation sites excluding steroid dienone is 1. The summed E-state index contributed by atoms with van der Waals surface area (Å²) in [7, 11) is 0. The number of nitrogens with zero attached hydrogens (tertiary/aromatic N) is 1. The van der Waals surface area contributed by atoms with Crippen molar-refractivity contribution in [1.29, 1.82) is 0 Å². The highest BCUT2D eigenvalue weighted by molar-refractivity contribution is 6.30. The first kappa shape index (κ1) is 18.9. The molecule has 0 radical (unpaired) electrons. The van der Waals surface area contributed by atoms with Crippen LogP contribution in [0.3, 0.4) is 0 Å². The summed E-state index contributed by atoms with van der Waals surface area (Å²) in [5.74, 6) is -0.154. The lowest BCUT2D eigenvalue weighted by Crippen LogP contribution is -2.34. The normalized spacial score (nSPS) is 21.9. The molecule has 0 aliphatic heterocycles. The van der Waals surface area contributed by atoms with Gasteiger partial charge in [0.15, 0.2) is 0 Å². The Morgan fingerprint density at radius 2 is 1.65 bits per heavy atom. The van der Waals surface area contributed by atoms with Gasteiger partial charge in [0.1, 0.15) is 0 Å². The number of nitrogens with one attached hydrogen (secondary N) is 1. The second-order valence-electron chi connectivity index (χ2n) is 6.36. The molecule has 2 atom stereocenters. The summed E-state index contributed by atoms with van der Waals surface area (Å²) in [6.07, 6.45) is 4.57. The molecule has 0 aromatic heterocycles. The Hall–Kier alpha value is -1.85. The maximum absolute atomic E-state index is 9.77. The van der Waals surface area contributed by atoms with Gasteiger partial charge in [-0.15, -0.1) is 0 Å². The predicted molar refractivity (Wildman–Crippen MR) is 105 cm³/mol. The molecule has 0 bridgehead atoms. The van der Waals surface area contributed by atoms with Crippen LogP contribution >= 0.6 is 23.2 Å². The summed E-state index contributed by atoms with van der Waals surface area (Å²) in [4.78, 5) is 0. The van der Waals surface area contributed by atoms with E-state index in [9.17, 15) is 10.4 Å². The zero-order valence-corrected chi connectivity index (χ0v) is 15.6. The first-order valence-corrected chi connectivity index (χ1v) is 9.21. The van der Waals surface area contributed by atoms with Gasteiger partial charge in [0.05, 0.1) is 11.8 Å². The molecule has 136 valence electrons. The molecular weight excluding hydrogens is 371 g/mol. The van der Waals surface area contributed by atoms with E-state index < -0.39 is 0 Å². The van der Waals surface area contributed by atoms with Crippen molar-refractivity contribution in [2.75, 3.05) is 0 Å². The van der Waals surface area contributed by atoms with E-state index in [2.05, 4.69) is 10.6 Å². The van der Waals surface area contributed by atoms with Gasteiger partial charge in [-0.3, -0.25) is 0 Å². The lowest BCUT2D eigenvalue weighted by Gasteiger charge is -2.31. The van der Waals surface area contributed by atoms with Gasteiger partial charge in [-0.25, -0.2) is 0 Å². The molecule has 2 unspecified atom stereocenters. The van der Waals surface area contributed by atoms with Gasteiger partial charge < -0.3 is 10.4 Å². The Bertz CT molecular complexity index is 802. The molecule has 0 heterocycles.